The molecule has 1 heterocycles. The highest BCUT2D eigenvalue weighted by molar-refractivity contribution is 5.88. The van der Waals surface area contributed by atoms with Crippen molar-refractivity contribution in [3.05, 3.63) is 0 Å². The van der Waals surface area contributed by atoms with Crippen molar-refractivity contribution in [2.24, 2.45) is 5.92 Å². The summed E-state index contributed by atoms with van der Waals surface area (Å²) in [6.45, 7) is 4.58. The van der Waals surface area contributed by atoms with E-state index in [4.69, 9.17) is 4.74 Å². The van der Waals surface area contributed by atoms with Crippen LogP contribution in [0.25, 0.3) is 0 Å². The van der Waals surface area contributed by atoms with Crippen molar-refractivity contribution in [3.63, 3.8) is 0 Å². The van der Waals surface area contributed by atoms with Gasteiger partial charge in [0.15, 0.2) is 5.78 Å². The van der Waals surface area contributed by atoms with Gasteiger partial charge in [-0.15, -0.1) is 0 Å². The molecule has 1 aliphatic carbocycles. The molecule has 1 aliphatic heterocycles. The Hall–Kier alpha value is -0.410. The van der Waals surface area contributed by atoms with Gasteiger partial charge in [0.25, 0.3) is 0 Å². The Morgan fingerprint density at radius 2 is 2.08 bits per heavy atom. The Bertz CT molecular complexity index is 233. The number of hydrogen-bond acceptors (Lipinski definition) is 3. The average molecular weight is 183 g/mol. The largest absolute Gasteiger partial charge is 0.359 e. The average Bonchev–Trinajstić information content (AvgIpc) is 2.82. The molecule has 2 rings (SSSR count). The van der Waals surface area contributed by atoms with Crippen molar-refractivity contribution in [2.75, 3.05) is 13.7 Å². The van der Waals surface area contributed by atoms with Crippen LogP contribution in [0.15, 0.2) is 0 Å². The summed E-state index contributed by atoms with van der Waals surface area (Å²) in [7, 11) is 1.97. The van der Waals surface area contributed by atoms with E-state index in [0.717, 1.165) is 12.8 Å². The quantitative estimate of drug-likeness (QED) is 0.640. The summed E-state index contributed by atoms with van der Waals surface area (Å²) in [4.78, 5) is 13.8. The maximum Gasteiger partial charge on any atom is 0.155 e. The van der Waals surface area contributed by atoms with Crippen LogP contribution in [0.2, 0.25) is 0 Å². The molecular formula is C10H17NO2. The first-order chi connectivity index (χ1) is 6.02. The highest BCUT2D eigenvalue weighted by atomic mass is 16.5. The first kappa shape index (κ1) is 9.16. The smallest absolute Gasteiger partial charge is 0.155 e. The predicted octanol–water partition coefficient (Wildman–Crippen LogP) is 1.03. The molecule has 0 aromatic heterocycles. The minimum atomic E-state index is -0.269. The lowest BCUT2D eigenvalue weighted by atomic mass is 10.1. The van der Waals surface area contributed by atoms with E-state index in [9.17, 15) is 4.79 Å². The molecule has 1 saturated heterocycles. The zero-order valence-corrected chi connectivity index (χ0v) is 8.54. The second-order valence-electron chi connectivity index (χ2n) is 4.56. The molecule has 0 aromatic rings. The Labute approximate surface area is 79.0 Å². The van der Waals surface area contributed by atoms with Gasteiger partial charge in [0.1, 0.15) is 5.72 Å². The van der Waals surface area contributed by atoms with E-state index in [1.165, 1.54) is 0 Å². The van der Waals surface area contributed by atoms with Crippen molar-refractivity contribution in [1.29, 1.82) is 0 Å². The Morgan fingerprint density at radius 1 is 1.46 bits per heavy atom. The summed E-state index contributed by atoms with van der Waals surface area (Å²) in [6.07, 6.45) is 2.17. The number of ether oxygens (including phenoxy) is 1. The van der Waals surface area contributed by atoms with Crippen LogP contribution < -0.4 is 0 Å². The summed E-state index contributed by atoms with van der Waals surface area (Å²) in [6, 6.07) is 0.00231. The normalized spacial score (nSPS) is 33.6. The Morgan fingerprint density at radius 3 is 2.46 bits per heavy atom. The van der Waals surface area contributed by atoms with Gasteiger partial charge in [-0.2, -0.15) is 0 Å². The summed E-state index contributed by atoms with van der Waals surface area (Å²) in [5, 5.41) is 0. The summed E-state index contributed by atoms with van der Waals surface area (Å²) in [5.74, 6) is 0.720. The van der Waals surface area contributed by atoms with Gasteiger partial charge in [0, 0.05) is 5.92 Å². The molecule has 74 valence electrons. The molecule has 1 atom stereocenters. The van der Waals surface area contributed by atoms with Gasteiger partial charge in [-0.3, -0.25) is 9.69 Å². The number of carbonyl (C=O) groups is 1. The van der Waals surface area contributed by atoms with E-state index >= 15 is 0 Å². The molecule has 0 bridgehead atoms. The molecule has 0 N–H and O–H groups in total. The van der Waals surface area contributed by atoms with Crippen LogP contribution in [-0.4, -0.2) is 36.1 Å². The van der Waals surface area contributed by atoms with E-state index in [1.54, 1.807) is 0 Å². The molecule has 2 fully saturated rings. The molecular weight excluding hydrogens is 166 g/mol. The fourth-order valence-electron chi connectivity index (χ4n) is 1.78. The fourth-order valence-corrected chi connectivity index (χ4v) is 1.78. The van der Waals surface area contributed by atoms with Crippen molar-refractivity contribution in [1.82, 2.24) is 4.90 Å². The van der Waals surface area contributed by atoms with Crippen molar-refractivity contribution in [2.45, 2.75) is 38.5 Å². The lowest BCUT2D eigenvalue weighted by Gasteiger charge is -2.28. The maximum absolute atomic E-state index is 11.8. The fraction of sp³-hybridized carbons (Fsp3) is 0.900. The van der Waals surface area contributed by atoms with Crippen molar-refractivity contribution < 1.29 is 9.53 Å². The van der Waals surface area contributed by atoms with Gasteiger partial charge in [0.05, 0.1) is 12.6 Å². The summed E-state index contributed by atoms with van der Waals surface area (Å²) in [5.41, 5.74) is -0.269. The molecule has 3 nitrogen and oxygen atoms in total. The molecule has 0 aromatic carbocycles. The molecule has 0 radical (unpaired) electrons. The SMILES string of the molecule is CN1[C@@H](C(=O)C2CC2)COC1(C)C. The van der Waals surface area contributed by atoms with Crippen LogP contribution in [0, 0.1) is 5.92 Å². The first-order valence-corrected chi connectivity index (χ1v) is 4.93. The zero-order chi connectivity index (χ0) is 9.64. The number of likely N-dealkylation sites (N-methyl/N-ethyl adjacent to an activating group) is 1. The van der Waals surface area contributed by atoms with E-state index in [2.05, 4.69) is 0 Å². The topological polar surface area (TPSA) is 29.5 Å². The van der Waals surface area contributed by atoms with E-state index in [1.807, 2.05) is 25.8 Å². The van der Waals surface area contributed by atoms with Crippen LogP contribution in [0.4, 0.5) is 0 Å². The Kier molecular flexibility index (Phi) is 1.96. The van der Waals surface area contributed by atoms with Crippen LogP contribution in [0.1, 0.15) is 26.7 Å². The standard InChI is InChI=1S/C10H17NO2/c1-10(2)11(3)8(6-13-10)9(12)7-4-5-7/h7-8H,4-6H2,1-3H3/t8-/m1/s1. The lowest BCUT2D eigenvalue weighted by Crippen LogP contribution is -2.44. The van der Waals surface area contributed by atoms with Gasteiger partial charge in [-0.1, -0.05) is 0 Å². The second-order valence-corrected chi connectivity index (χ2v) is 4.56. The number of Topliss-reactive ketones (excluding diaryl/α,β-unsaturated/α-hetero) is 1. The van der Waals surface area contributed by atoms with Crippen LogP contribution >= 0.6 is 0 Å². The zero-order valence-electron chi connectivity index (χ0n) is 8.54. The number of hydrogen-bond donors (Lipinski definition) is 0. The highest BCUT2D eigenvalue weighted by Gasteiger charge is 2.45. The molecule has 1 saturated carbocycles. The lowest BCUT2D eigenvalue weighted by molar-refractivity contribution is -0.125. The molecule has 0 amide bonds. The second kappa shape index (κ2) is 2.79. The molecule has 3 heteroatoms. The third-order valence-electron chi connectivity index (χ3n) is 3.22. The number of ketones is 1. The third-order valence-corrected chi connectivity index (χ3v) is 3.22. The maximum atomic E-state index is 11.8. The van der Waals surface area contributed by atoms with Crippen LogP contribution in [0.5, 0.6) is 0 Å². The number of rotatable bonds is 2. The predicted molar refractivity (Wildman–Crippen MR) is 49.3 cm³/mol. The minimum absolute atomic E-state index is 0.00231. The van der Waals surface area contributed by atoms with Crippen molar-refractivity contribution >= 4 is 5.78 Å². The van der Waals surface area contributed by atoms with E-state index in [-0.39, 0.29) is 11.8 Å². The summed E-state index contributed by atoms with van der Waals surface area (Å²) >= 11 is 0. The Balaban J connectivity index is 2.05. The van der Waals surface area contributed by atoms with Crippen LogP contribution in [0.3, 0.4) is 0 Å². The van der Waals surface area contributed by atoms with E-state index < -0.39 is 0 Å². The third kappa shape index (κ3) is 1.51. The number of carbonyl (C=O) groups excluding carboxylic acids is 1. The van der Waals surface area contributed by atoms with E-state index in [0.29, 0.717) is 18.3 Å². The molecule has 13 heavy (non-hydrogen) atoms. The van der Waals surface area contributed by atoms with Gasteiger partial charge in [-0.25, -0.2) is 0 Å². The molecule has 0 unspecified atom stereocenters. The molecule has 0 spiro atoms. The highest BCUT2D eigenvalue weighted by Crippen LogP contribution is 2.35. The summed E-state index contributed by atoms with van der Waals surface area (Å²) < 4.78 is 5.57. The first-order valence-electron chi connectivity index (χ1n) is 4.93. The minimum Gasteiger partial charge on any atom is -0.359 e. The molecule has 2 aliphatic rings. The van der Waals surface area contributed by atoms with Gasteiger partial charge < -0.3 is 4.74 Å². The van der Waals surface area contributed by atoms with Gasteiger partial charge in [0.2, 0.25) is 0 Å². The number of nitrogens with zero attached hydrogens (tertiary/aromatic N) is 1. The van der Waals surface area contributed by atoms with Crippen molar-refractivity contribution in [3.8, 4) is 0 Å². The monoisotopic (exact) mass is 183 g/mol. The van der Waals surface area contributed by atoms with Gasteiger partial charge >= 0.3 is 0 Å². The van der Waals surface area contributed by atoms with Gasteiger partial charge in [-0.05, 0) is 33.7 Å². The van der Waals surface area contributed by atoms with Crippen LogP contribution in [-0.2, 0) is 9.53 Å².